The highest BCUT2D eigenvalue weighted by Crippen LogP contribution is 2.29. The number of hydrogen-bond donors (Lipinski definition) is 1. The van der Waals surface area contributed by atoms with Crippen molar-refractivity contribution in [2.45, 2.75) is 25.4 Å². The molecule has 1 atom stereocenters. The average Bonchev–Trinajstić information content (AvgIpc) is 2.57. The molecular weight excluding hydrogens is 257 g/mol. The molecule has 0 saturated carbocycles. The zero-order valence-corrected chi connectivity index (χ0v) is 10.6. The standard InChI is InChI=1S/C9H13F3N2S2/c1-6(8-5-15-7(2)14-8)13-3-4-16-9(10,11)12/h5-6,13H,3-4H2,1-2H3. The number of nitrogens with zero attached hydrogens (tertiary/aromatic N) is 1. The SMILES string of the molecule is Cc1nc(C(C)NCCSC(F)(F)F)cs1. The third-order valence-corrected chi connectivity index (χ3v) is 3.43. The van der Waals surface area contributed by atoms with Crippen LogP contribution in [0.3, 0.4) is 0 Å². The summed E-state index contributed by atoms with van der Waals surface area (Å²) in [6, 6.07) is -0.00113. The second-order valence-electron chi connectivity index (χ2n) is 3.26. The van der Waals surface area contributed by atoms with Gasteiger partial charge in [-0.05, 0) is 25.6 Å². The zero-order chi connectivity index (χ0) is 12.2. The minimum absolute atomic E-state index is 0.00113. The summed E-state index contributed by atoms with van der Waals surface area (Å²) in [7, 11) is 0. The first-order valence-corrected chi connectivity index (χ1v) is 6.61. The minimum Gasteiger partial charge on any atom is -0.308 e. The Morgan fingerprint density at radius 1 is 1.56 bits per heavy atom. The lowest BCUT2D eigenvalue weighted by Gasteiger charge is -2.11. The number of aryl methyl sites for hydroxylation is 1. The van der Waals surface area contributed by atoms with Crippen LogP contribution in [0.5, 0.6) is 0 Å². The van der Waals surface area contributed by atoms with Crippen molar-refractivity contribution in [1.82, 2.24) is 10.3 Å². The predicted octanol–water partition coefficient (Wildman–Crippen LogP) is 3.36. The molecule has 2 nitrogen and oxygen atoms in total. The highest BCUT2D eigenvalue weighted by atomic mass is 32.2. The number of alkyl halides is 3. The Kier molecular flexibility index (Phi) is 5.07. The van der Waals surface area contributed by atoms with E-state index in [-0.39, 0.29) is 23.6 Å². The van der Waals surface area contributed by atoms with Crippen molar-refractivity contribution >= 4 is 23.1 Å². The lowest BCUT2D eigenvalue weighted by Crippen LogP contribution is -2.22. The van der Waals surface area contributed by atoms with Gasteiger partial charge in [-0.1, -0.05) is 0 Å². The molecule has 1 aromatic heterocycles. The van der Waals surface area contributed by atoms with Crippen molar-refractivity contribution in [3.05, 3.63) is 16.1 Å². The van der Waals surface area contributed by atoms with E-state index in [1.807, 2.05) is 19.2 Å². The van der Waals surface area contributed by atoms with Crippen molar-refractivity contribution in [2.75, 3.05) is 12.3 Å². The van der Waals surface area contributed by atoms with E-state index in [4.69, 9.17) is 0 Å². The fourth-order valence-corrected chi connectivity index (χ4v) is 2.28. The van der Waals surface area contributed by atoms with Crippen LogP contribution in [0, 0.1) is 6.92 Å². The van der Waals surface area contributed by atoms with E-state index in [1.54, 1.807) is 0 Å². The summed E-state index contributed by atoms with van der Waals surface area (Å²) >= 11 is 1.54. The third kappa shape index (κ3) is 5.18. The molecule has 0 fully saturated rings. The summed E-state index contributed by atoms with van der Waals surface area (Å²) in [6.07, 6.45) is 0. The van der Waals surface area contributed by atoms with Crippen molar-refractivity contribution < 1.29 is 13.2 Å². The molecule has 7 heteroatoms. The molecule has 16 heavy (non-hydrogen) atoms. The number of rotatable bonds is 5. The molecule has 0 radical (unpaired) electrons. The molecule has 1 aromatic rings. The molecule has 0 bridgehead atoms. The van der Waals surface area contributed by atoms with Crippen LogP contribution >= 0.6 is 23.1 Å². The van der Waals surface area contributed by atoms with Gasteiger partial charge in [0.2, 0.25) is 0 Å². The lowest BCUT2D eigenvalue weighted by molar-refractivity contribution is -0.0327. The molecule has 0 aliphatic rings. The summed E-state index contributed by atoms with van der Waals surface area (Å²) in [5.41, 5.74) is -3.25. The molecular formula is C9H13F3N2S2. The van der Waals surface area contributed by atoms with Gasteiger partial charge in [-0.2, -0.15) is 13.2 Å². The number of halogens is 3. The summed E-state index contributed by atoms with van der Waals surface area (Å²) in [5.74, 6) is 0.0248. The largest absolute Gasteiger partial charge is 0.441 e. The van der Waals surface area contributed by atoms with Crippen LogP contribution < -0.4 is 5.32 Å². The second-order valence-corrected chi connectivity index (χ2v) is 5.48. The minimum atomic E-state index is -4.14. The summed E-state index contributed by atoms with van der Waals surface area (Å²) in [6.45, 7) is 4.12. The summed E-state index contributed by atoms with van der Waals surface area (Å²) < 4.78 is 35.5. The van der Waals surface area contributed by atoms with Crippen LogP contribution in [0.4, 0.5) is 13.2 Å². The molecule has 0 amide bonds. The lowest BCUT2D eigenvalue weighted by atomic mass is 10.2. The van der Waals surface area contributed by atoms with Gasteiger partial charge in [-0.25, -0.2) is 4.98 Å². The molecule has 0 aromatic carbocycles. The van der Waals surface area contributed by atoms with Gasteiger partial charge in [-0.15, -0.1) is 11.3 Å². The van der Waals surface area contributed by atoms with Crippen LogP contribution in [-0.2, 0) is 0 Å². The van der Waals surface area contributed by atoms with E-state index in [0.29, 0.717) is 6.54 Å². The fourth-order valence-electron chi connectivity index (χ4n) is 1.13. The molecule has 0 spiro atoms. The van der Waals surface area contributed by atoms with Gasteiger partial charge < -0.3 is 5.32 Å². The Balaban J connectivity index is 2.23. The van der Waals surface area contributed by atoms with Crippen molar-refractivity contribution in [3.8, 4) is 0 Å². The molecule has 1 N–H and O–H groups in total. The Morgan fingerprint density at radius 3 is 2.75 bits per heavy atom. The second kappa shape index (κ2) is 5.88. The quantitative estimate of drug-likeness (QED) is 0.831. The molecule has 1 rings (SSSR count). The predicted molar refractivity (Wildman–Crippen MR) is 61.8 cm³/mol. The van der Waals surface area contributed by atoms with Gasteiger partial charge >= 0.3 is 5.51 Å². The van der Waals surface area contributed by atoms with Crippen molar-refractivity contribution in [2.24, 2.45) is 0 Å². The normalized spacial score (nSPS) is 14.1. The van der Waals surface area contributed by atoms with Gasteiger partial charge in [0.05, 0.1) is 10.7 Å². The van der Waals surface area contributed by atoms with Crippen LogP contribution in [0.25, 0.3) is 0 Å². The Labute approximate surface area is 101 Å². The third-order valence-electron chi connectivity index (χ3n) is 1.90. The van der Waals surface area contributed by atoms with Gasteiger partial charge in [0.1, 0.15) is 0 Å². The molecule has 0 aliphatic heterocycles. The maximum absolute atomic E-state index is 11.8. The topological polar surface area (TPSA) is 24.9 Å². The van der Waals surface area contributed by atoms with E-state index < -0.39 is 5.51 Å². The van der Waals surface area contributed by atoms with Gasteiger partial charge in [0.15, 0.2) is 0 Å². The zero-order valence-electron chi connectivity index (χ0n) is 8.97. The first-order valence-electron chi connectivity index (χ1n) is 4.74. The van der Waals surface area contributed by atoms with E-state index in [9.17, 15) is 13.2 Å². The van der Waals surface area contributed by atoms with Crippen LogP contribution in [-0.4, -0.2) is 22.8 Å². The number of hydrogen-bond acceptors (Lipinski definition) is 4. The van der Waals surface area contributed by atoms with E-state index in [1.165, 1.54) is 11.3 Å². The summed E-state index contributed by atoms with van der Waals surface area (Å²) in [5, 5.41) is 5.89. The maximum atomic E-state index is 11.8. The van der Waals surface area contributed by atoms with Crippen molar-refractivity contribution in [3.63, 3.8) is 0 Å². The maximum Gasteiger partial charge on any atom is 0.441 e. The number of nitrogens with one attached hydrogen (secondary N) is 1. The van der Waals surface area contributed by atoms with Crippen LogP contribution in [0.2, 0.25) is 0 Å². The number of thiazole rings is 1. The monoisotopic (exact) mass is 270 g/mol. The Morgan fingerprint density at radius 2 is 2.25 bits per heavy atom. The summed E-state index contributed by atoms with van der Waals surface area (Å²) in [4.78, 5) is 4.27. The highest BCUT2D eigenvalue weighted by Gasteiger charge is 2.27. The van der Waals surface area contributed by atoms with Crippen LogP contribution in [0.15, 0.2) is 5.38 Å². The molecule has 92 valence electrons. The molecule has 1 heterocycles. The van der Waals surface area contributed by atoms with Crippen molar-refractivity contribution in [1.29, 1.82) is 0 Å². The molecule has 1 unspecified atom stereocenters. The molecule has 0 saturated heterocycles. The number of thioether (sulfide) groups is 1. The number of aromatic nitrogens is 1. The van der Waals surface area contributed by atoms with E-state index in [0.717, 1.165) is 10.7 Å². The Bertz CT molecular complexity index is 325. The van der Waals surface area contributed by atoms with Crippen LogP contribution in [0.1, 0.15) is 23.7 Å². The van der Waals surface area contributed by atoms with Gasteiger partial charge in [0, 0.05) is 23.7 Å². The van der Waals surface area contributed by atoms with Gasteiger partial charge in [-0.3, -0.25) is 0 Å². The van der Waals surface area contributed by atoms with E-state index >= 15 is 0 Å². The highest BCUT2D eigenvalue weighted by molar-refractivity contribution is 8.00. The first kappa shape index (κ1) is 13.8. The van der Waals surface area contributed by atoms with E-state index in [2.05, 4.69) is 10.3 Å². The smallest absolute Gasteiger partial charge is 0.308 e. The average molecular weight is 270 g/mol. The first-order chi connectivity index (χ1) is 7.38. The Hall–Kier alpha value is -0.270. The van der Waals surface area contributed by atoms with Gasteiger partial charge in [0.25, 0.3) is 0 Å². The molecule has 0 aliphatic carbocycles. The fraction of sp³-hybridized carbons (Fsp3) is 0.667.